The van der Waals surface area contributed by atoms with Crippen molar-refractivity contribution in [1.82, 2.24) is 20.5 Å². The normalized spacial score (nSPS) is 10.7. The minimum absolute atomic E-state index is 0. The van der Waals surface area contributed by atoms with E-state index in [0.29, 0.717) is 36.2 Å². The number of amides is 1. The Labute approximate surface area is 210 Å². The van der Waals surface area contributed by atoms with Gasteiger partial charge in [-0.05, 0) is 35.9 Å². The summed E-state index contributed by atoms with van der Waals surface area (Å²) >= 11 is 0. The third-order valence-corrected chi connectivity index (χ3v) is 4.60. The minimum Gasteiger partial charge on any atom is -0.439 e. The van der Waals surface area contributed by atoms with E-state index in [9.17, 15) is 9.18 Å². The highest BCUT2D eigenvalue weighted by Crippen LogP contribution is 2.23. The van der Waals surface area contributed by atoms with E-state index in [1.807, 2.05) is 24.3 Å². The van der Waals surface area contributed by atoms with E-state index >= 15 is 0 Å². The number of aliphatic imine (C=N–C) groups is 1. The number of halogens is 2. The van der Waals surface area contributed by atoms with Crippen LogP contribution in [0.2, 0.25) is 0 Å². The Balaban J connectivity index is 0.00000385. The van der Waals surface area contributed by atoms with Crippen LogP contribution >= 0.6 is 24.0 Å². The molecular formula is C24H27FIN5O2. The second-order valence-corrected chi connectivity index (χ2v) is 7.20. The molecule has 0 aliphatic rings. The summed E-state index contributed by atoms with van der Waals surface area (Å²) in [4.78, 5) is 22.0. The summed E-state index contributed by atoms with van der Waals surface area (Å²) < 4.78 is 19.2. The van der Waals surface area contributed by atoms with E-state index in [2.05, 4.69) is 20.6 Å². The fourth-order valence-corrected chi connectivity index (χ4v) is 2.90. The molecule has 3 aromatic rings. The van der Waals surface area contributed by atoms with Crippen LogP contribution in [0.5, 0.6) is 11.6 Å². The Morgan fingerprint density at radius 3 is 2.45 bits per heavy atom. The van der Waals surface area contributed by atoms with Crippen LogP contribution < -0.4 is 15.4 Å². The Kier molecular flexibility index (Phi) is 10.0. The summed E-state index contributed by atoms with van der Waals surface area (Å²) in [5.74, 6) is 0.960. The van der Waals surface area contributed by atoms with Crippen molar-refractivity contribution in [3.63, 3.8) is 0 Å². The Hall–Kier alpha value is -3.21. The number of hydrogen-bond acceptors (Lipinski definition) is 4. The zero-order chi connectivity index (χ0) is 22.9. The van der Waals surface area contributed by atoms with Crippen LogP contribution in [0.15, 0.2) is 71.9 Å². The number of aromatic nitrogens is 1. The third kappa shape index (κ3) is 7.70. The molecule has 174 valence electrons. The lowest BCUT2D eigenvalue weighted by Crippen LogP contribution is -2.36. The number of hydrogen-bond donors (Lipinski definition) is 2. The first-order valence-electron chi connectivity index (χ1n) is 10.1. The number of pyridine rings is 1. The van der Waals surface area contributed by atoms with Gasteiger partial charge in [-0.1, -0.05) is 24.3 Å². The Morgan fingerprint density at radius 2 is 1.79 bits per heavy atom. The molecule has 33 heavy (non-hydrogen) atoms. The van der Waals surface area contributed by atoms with Gasteiger partial charge in [0.15, 0.2) is 5.96 Å². The number of nitrogens with zero attached hydrogens (tertiary/aromatic N) is 3. The Morgan fingerprint density at radius 1 is 1.06 bits per heavy atom. The SMILES string of the molecule is CN=C(NCc1ccc(C(=O)N(C)C)cc1)NCc1cccnc1Oc1cccc(F)c1.I. The molecular weight excluding hydrogens is 536 g/mol. The molecule has 0 atom stereocenters. The van der Waals surface area contributed by atoms with Gasteiger partial charge < -0.3 is 20.3 Å². The van der Waals surface area contributed by atoms with E-state index in [1.54, 1.807) is 56.5 Å². The van der Waals surface area contributed by atoms with Gasteiger partial charge in [0.25, 0.3) is 5.91 Å². The first kappa shape index (κ1) is 26.0. The number of nitrogens with one attached hydrogen (secondary N) is 2. The summed E-state index contributed by atoms with van der Waals surface area (Å²) in [7, 11) is 5.14. The predicted octanol–water partition coefficient (Wildman–Crippen LogP) is 4.20. The molecule has 0 spiro atoms. The molecule has 0 bridgehead atoms. The average Bonchev–Trinajstić information content (AvgIpc) is 2.80. The number of benzene rings is 2. The lowest BCUT2D eigenvalue weighted by Gasteiger charge is -2.14. The average molecular weight is 563 g/mol. The van der Waals surface area contributed by atoms with E-state index in [1.165, 1.54) is 12.1 Å². The third-order valence-electron chi connectivity index (χ3n) is 4.60. The van der Waals surface area contributed by atoms with Crippen molar-refractivity contribution in [2.24, 2.45) is 4.99 Å². The van der Waals surface area contributed by atoms with Crippen LogP contribution in [0, 0.1) is 5.82 Å². The van der Waals surface area contributed by atoms with Crippen molar-refractivity contribution in [3.8, 4) is 11.6 Å². The fraction of sp³-hybridized carbons (Fsp3) is 0.208. The summed E-state index contributed by atoms with van der Waals surface area (Å²) in [6, 6.07) is 17.0. The highest BCUT2D eigenvalue weighted by Gasteiger charge is 2.09. The van der Waals surface area contributed by atoms with Crippen LogP contribution in [0.1, 0.15) is 21.5 Å². The fourth-order valence-electron chi connectivity index (χ4n) is 2.90. The zero-order valence-corrected chi connectivity index (χ0v) is 21.0. The first-order chi connectivity index (χ1) is 15.5. The standard InChI is InChI=1S/C24H26FN5O2.HI/c1-26-24(28-15-17-9-11-18(12-10-17)23(31)30(2)3)29-16-19-6-5-13-27-22(19)32-21-8-4-7-20(25)14-21;/h4-14H,15-16H2,1-3H3,(H2,26,28,29);1H. The molecule has 9 heteroatoms. The molecule has 7 nitrogen and oxygen atoms in total. The van der Waals surface area contributed by atoms with Gasteiger partial charge in [0, 0.05) is 57.6 Å². The van der Waals surface area contributed by atoms with E-state index in [-0.39, 0.29) is 35.7 Å². The maximum atomic E-state index is 13.4. The molecule has 0 aliphatic heterocycles. The molecule has 0 fully saturated rings. The lowest BCUT2D eigenvalue weighted by atomic mass is 10.1. The van der Waals surface area contributed by atoms with Gasteiger partial charge in [-0.2, -0.15) is 0 Å². The highest BCUT2D eigenvalue weighted by atomic mass is 127. The molecule has 0 saturated heterocycles. The Bertz CT molecular complexity index is 1090. The van der Waals surface area contributed by atoms with Gasteiger partial charge in [0.1, 0.15) is 11.6 Å². The largest absolute Gasteiger partial charge is 0.439 e. The van der Waals surface area contributed by atoms with Crippen LogP contribution in [0.3, 0.4) is 0 Å². The van der Waals surface area contributed by atoms with Crippen molar-refractivity contribution in [1.29, 1.82) is 0 Å². The van der Waals surface area contributed by atoms with Gasteiger partial charge in [0.05, 0.1) is 0 Å². The minimum atomic E-state index is -0.373. The summed E-state index contributed by atoms with van der Waals surface area (Å²) in [6.07, 6.45) is 1.62. The molecule has 1 amide bonds. The van der Waals surface area contributed by atoms with Gasteiger partial charge in [-0.25, -0.2) is 9.37 Å². The quantitative estimate of drug-likeness (QED) is 0.256. The van der Waals surface area contributed by atoms with Crippen molar-refractivity contribution < 1.29 is 13.9 Å². The molecule has 0 saturated carbocycles. The lowest BCUT2D eigenvalue weighted by molar-refractivity contribution is 0.0827. The number of carbonyl (C=O) groups excluding carboxylic acids is 1. The molecule has 0 aliphatic carbocycles. The number of carbonyl (C=O) groups is 1. The van der Waals surface area contributed by atoms with Gasteiger partial charge in [-0.3, -0.25) is 9.79 Å². The zero-order valence-electron chi connectivity index (χ0n) is 18.7. The van der Waals surface area contributed by atoms with Gasteiger partial charge in [-0.15, -0.1) is 24.0 Å². The molecule has 0 unspecified atom stereocenters. The molecule has 3 rings (SSSR count). The molecule has 2 aromatic carbocycles. The van der Waals surface area contributed by atoms with E-state index in [4.69, 9.17) is 4.74 Å². The number of guanidine groups is 1. The van der Waals surface area contributed by atoms with Crippen LogP contribution in [-0.2, 0) is 13.1 Å². The topological polar surface area (TPSA) is 78.9 Å². The predicted molar refractivity (Wildman–Crippen MR) is 138 cm³/mol. The van der Waals surface area contributed by atoms with Crippen molar-refractivity contribution >= 4 is 35.8 Å². The van der Waals surface area contributed by atoms with E-state index < -0.39 is 0 Å². The number of rotatable bonds is 7. The highest BCUT2D eigenvalue weighted by molar-refractivity contribution is 14.0. The van der Waals surface area contributed by atoms with Crippen LogP contribution in [-0.4, -0.2) is 42.9 Å². The molecule has 2 N–H and O–H groups in total. The molecule has 0 radical (unpaired) electrons. The summed E-state index contributed by atoms with van der Waals surface area (Å²) in [6.45, 7) is 0.949. The van der Waals surface area contributed by atoms with Crippen molar-refractivity contribution in [2.75, 3.05) is 21.1 Å². The van der Waals surface area contributed by atoms with Crippen molar-refractivity contribution in [3.05, 3.63) is 89.4 Å². The summed E-state index contributed by atoms with van der Waals surface area (Å²) in [5.41, 5.74) is 2.45. The van der Waals surface area contributed by atoms with Gasteiger partial charge >= 0.3 is 0 Å². The van der Waals surface area contributed by atoms with Crippen molar-refractivity contribution in [2.45, 2.75) is 13.1 Å². The molecule has 1 aromatic heterocycles. The number of ether oxygens (including phenoxy) is 1. The van der Waals surface area contributed by atoms with Gasteiger partial charge in [0.2, 0.25) is 5.88 Å². The molecule has 1 heterocycles. The maximum Gasteiger partial charge on any atom is 0.253 e. The monoisotopic (exact) mass is 563 g/mol. The van der Waals surface area contributed by atoms with Crippen LogP contribution in [0.4, 0.5) is 4.39 Å². The first-order valence-corrected chi connectivity index (χ1v) is 10.1. The summed E-state index contributed by atoms with van der Waals surface area (Å²) in [5, 5.41) is 6.46. The second-order valence-electron chi connectivity index (χ2n) is 7.20. The van der Waals surface area contributed by atoms with E-state index in [0.717, 1.165) is 11.1 Å². The van der Waals surface area contributed by atoms with Crippen LogP contribution in [0.25, 0.3) is 0 Å². The maximum absolute atomic E-state index is 13.4. The smallest absolute Gasteiger partial charge is 0.253 e. The second kappa shape index (κ2) is 12.7.